The number of hydrogen-bond acceptors (Lipinski definition) is 7. The highest BCUT2D eigenvalue weighted by molar-refractivity contribution is 7.91. The quantitative estimate of drug-likeness (QED) is 0.308. The number of nitrogens with one attached hydrogen (secondary N) is 1. The molecule has 0 unspecified atom stereocenters. The Kier molecular flexibility index (Phi) is 8.02. The van der Waals surface area contributed by atoms with Crippen LogP contribution in [0.2, 0.25) is 5.02 Å². The summed E-state index contributed by atoms with van der Waals surface area (Å²) in [6, 6.07) is 15.5. The number of nitrogens with zero attached hydrogens (tertiary/aromatic N) is 2. The van der Waals surface area contributed by atoms with Crippen LogP contribution in [0, 0.1) is 0 Å². The Bertz CT molecular complexity index is 1680. The van der Waals surface area contributed by atoms with Gasteiger partial charge in [0.15, 0.2) is 0 Å². The van der Waals surface area contributed by atoms with Crippen molar-refractivity contribution in [3.8, 4) is 0 Å². The van der Waals surface area contributed by atoms with E-state index in [0.29, 0.717) is 30.4 Å². The van der Waals surface area contributed by atoms with Crippen LogP contribution < -0.4 is 10.5 Å². The Hall–Kier alpha value is -3.46. The van der Waals surface area contributed by atoms with Crippen molar-refractivity contribution < 1.29 is 36.3 Å². The van der Waals surface area contributed by atoms with Crippen LogP contribution in [-0.4, -0.2) is 54.0 Å². The van der Waals surface area contributed by atoms with Crippen molar-refractivity contribution in [3.05, 3.63) is 65.2 Å². The summed E-state index contributed by atoms with van der Waals surface area (Å²) in [5.74, 6) is -2.56. The van der Waals surface area contributed by atoms with Gasteiger partial charge in [0.1, 0.15) is 16.1 Å². The molecule has 39 heavy (non-hydrogen) atoms. The van der Waals surface area contributed by atoms with Crippen LogP contribution in [0.4, 0.5) is 19.0 Å². The first-order chi connectivity index (χ1) is 18.2. The molecule has 1 saturated heterocycles. The Labute approximate surface area is 229 Å². The van der Waals surface area contributed by atoms with Gasteiger partial charge in [0.05, 0.1) is 5.52 Å². The van der Waals surface area contributed by atoms with E-state index < -0.39 is 28.2 Å². The number of hydrogen-bond donors (Lipinski definition) is 3. The van der Waals surface area contributed by atoms with Crippen LogP contribution in [0.5, 0.6) is 0 Å². The Balaban J connectivity index is 0.000000448. The molecule has 4 aromatic rings. The molecule has 4 N–H and O–H groups in total. The second-order valence-corrected chi connectivity index (χ2v) is 12.0. The number of carbonyl (C=O) groups is 2. The lowest BCUT2D eigenvalue weighted by molar-refractivity contribution is -0.192. The number of sulfonamides is 1. The smallest absolute Gasteiger partial charge is 0.475 e. The predicted molar refractivity (Wildman–Crippen MR) is 141 cm³/mol. The molecule has 3 heterocycles. The lowest BCUT2D eigenvalue weighted by atomic mass is 10.1. The van der Waals surface area contributed by atoms with E-state index in [2.05, 4.69) is 9.71 Å². The Morgan fingerprint density at radius 2 is 1.82 bits per heavy atom. The van der Waals surface area contributed by atoms with Crippen molar-refractivity contribution >= 4 is 71.6 Å². The van der Waals surface area contributed by atoms with E-state index in [1.165, 1.54) is 0 Å². The van der Waals surface area contributed by atoms with Crippen molar-refractivity contribution in [1.29, 1.82) is 0 Å². The fourth-order valence-electron chi connectivity index (χ4n) is 3.86. The number of nitrogen functional groups attached to an aromatic ring is 1. The molecule has 9 nitrogen and oxygen atoms in total. The summed E-state index contributed by atoms with van der Waals surface area (Å²) in [5.41, 5.74) is 7.44. The number of thiophene rings is 1. The van der Waals surface area contributed by atoms with Crippen LogP contribution >= 0.6 is 22.9 Å². The van der Waals surface area contributed by atoms with Gasteiger partial charge in [-0.3, -0.25) is 4.79 Å². The number of fused-ring (bicyclic) bond motifs is 2. The molecule has 1 aliphatic heterocycles. The van der Waals surface area contributed by atoms with E-state index in [1.54, 1.807) is 35.2 Å². The van der Waals surface area contributed by atoms with Crippen molar-refractivity contribution in [2.75, 3.05) is 12.3 Å². The van der Waals surface area contributed by atoms with Crippen LogP contribution in [0.3, 0.4) is 0 Å². The number of likely N-dealkylation sites (tertiary alicyclic amines) is 1. The summed E-state index contributed by atoms with van der Waals surface area (Å²) in [6.45, 7) is 0.849. The van der Waals surface area contributed by atoms with Crippen LogP contribution in [0.15, 0.2) is 58.8 Å². The molecule has 0 aliphatic carbocycles. The topological polar surface area (TPSA) is 143 Å². The first-order valence-corrected chi connectivity index (χ1v) is 13.9. The zero-order chi connectivity index (χ0) is 28.5. The fourth-order valence-corrected chi connectivity index (χ4v) is 6.78. The highest BCUT2D eigenvalue weighted by Crippen LogP contribution is 2.31. The summed E-state index contributed by atoms with van der Waals surface area (Å²) in [4.78, 5) is 27.8. The molecule has 0 radical (unpaired) electrons. The van der Waals surface area contributed by atoms with Gasteiger partial charge in [0.2, 0.25) is 5.91 Å². The summed E-state index contributed by atoms with van der Waals surface area (Å²) in [6.07, 6.45) is -4.67. The van der Waals surface area contributed by atoms with Crippen molar-refractivity contribution in [1.82, 2.24) is 14.6 Å². The maximum atomic E-state index is 12.9. The molecule has 0 spiro atoms. The number of anilines is 1. The van der Waals surface area contributed by atoms with Gasteiger partial charge in [-0.05, 0) is 53.8 Å². The third-order valence-corrected chi connectivity index (χ3v) is 8.99. The second kappa shape index (κ2) is 11.0. The number of carboxylic acid groups (broad SMARTS) is 1. The van der Waals surface area contributed by atoms with Gasteiger partial charge in [-0.2, -0.15) is 17.9 Å². The maximum Gasteiger partial charge on any atom is 0.490 e. The Morgan fingerprint density at radius 3 is 2.51 bits per heavy atom. The SMILES string of the molecule is Nc1ccc2ccc(CN3CC[C@H](NS(=O)(=O)c4cc5ccc(Cl)cc5s4)C3=O)cc2n1.O=C(O)C(F)(F)F. The lowest BCUT2D eigenvalue weighted by Gasteiger charge is -2.17. The number of alkyl halides is 3. The minimum atomic E-state index is -5.08. The molecule has 1 fully saturated rings. The number of rotatable bonds is 5. The van der Waals surface area contributed by atoms with E-state index in [-0.39, 0.29) is 10.1 Å². The molecule has 2 aromatic carbocycles. The highest BCUT2D eigenvalue weighted by atomic mass is 35.5. The summed E-state index contributed by atoms with van der Waals surface area (Å²) in [7, 11) is -3.83. The molecule has 1 atom stereocenters. The van der Waals surface area contributed by atoms with Gasteiger partial charge in [-0.1, -0.05) is 29.8 Å². The number of aromatic nitrogens is 1. The van der Waals surface area contributed by atoms with Gasteiger partial charge < -0.3 is 15.7 Å². The van der Waals surface area contributed by atoms with Crippen molar-refractivity contribution in [2.24, 2.45) is 0 Å². The second-order valence-electron chi connectivity index (χ2n) is 8.54. The molecule has 2 aromatic heterocycles. The van der Waals surface area contributed by atoms with Crippen molar-refractivity contribution in [2.45, 2.75) is 29.4 Å². The zero-order valence-corrected chi connectivity index (χ0v) is 22.2. The normalized spacial score (nSPS) is 15.9. The Morgan fingerprint density at radius 1 is 1.15 bits per heavy atom. The number of amides is 1. The van der Waals surface area contributed by atoms with Crippen LogP contribution in [0.1, 0.15) is 12.0 Å². The third kappa shape index (κ3) is 6.76. The number of carbonyl (C=O) groups excluding carboxylic acids is 1. The summed E-state index contributed by atoms with van der Waals surface area (Å²) >= 11 is 7.13. The predicted octanol–water partition coefficient (Wildman–Crippen LogP) is 4.40. The standard InChI is InChI=1S/C22H19ClN4O3S2.C2HF3O2/c23-16-5-3-15-10-21(31-19(15)11-16)32(29,30)26-17-7-8-27(22(17)28)12-13-1-2-14-4-6-20(24)25-18(14)9-13;3-2(4,5)1(6)7/h1-6,9-11,17,26H,7-8,12H2,(H2,24,25);(H,6,7)/t17-;/m0./s1. The minimum Gasteiger partial charge on any atom is -0.475 e. The van der Waals surface area contributed by atoms with Gasteiger partial charge in [0, 0.05) is 28.2 Å². The van der Waals surface area contributed by atoms with Gasteiger partial charge in [-0.25, -0.2) is 18.2 Å². The van der Waals surface area contributed by atoms with E-state index in [4.69, 9.17) is 27.2 Å². The highest BCUT2D eigenvalue weighted by Gasteiger charge is 2.38. The fraction of sp³-hybridized carbons (Fsp3) is 0.208. The van der Waals surface area contributed by atoms with Gasteiger partial charge in [0.25, 0.3) is 10.0 Å². The van der Waals surface area contributed by atoms with Gasteiger partial charge >= 0.3 is 12.1 Å². The van der Waals surface area contributed by atoms with Crippen LogP contribution in [0.25, 0.3) is 21.0 Å². The third-order valence-electron chi connectivity index (χ3n) is 5.71. The number of carboxylic acids is 1. The molecular formula is C24H20ClF3N4O5S2. The largest absolute Gasteiger partial charge is 0.490 e. The molecule has 5 rings (SSSR count). The van der Waals surface area contributed by atoms with Crippen molar-refractivity contribution in [3.63, 3.8) is 0 Å². The van der Waals surface area contributed by atoms with E-state index in [9.17, 15) is 26.4 Å². The number of pyridine rings is 1. The first kappa shape index (κ1) is 28.5. The van der Waals surface area contributed by atoms with E-state index >= 15 is 0 Å². The average molecular weight is 601 g/mol. The molecular weight excluding hydrogens is 581 g/mol. The summed E-state index contributed by atoms with van der Waals surface area (Å²) < 4.78 is 61.1. The van der Waals surface area contributed by atoms with E-state index in [1.807, 2.05) is 24.3 Å². The zero-order valence-electron chi connectivity index (χ0n) is 19.8. The summed E-state index contributed by atoms with van der Waals surface area (Å²) in [5, 5.41) is 9.43. The minimum absolute atomic E-state index is 0.166. The molecule has 1 aliphatic rings. The van der Waals surface area contributed by atoms with Gasteiger partial charge in [-0.15, -0.1) is 11.3 Å². The molecule has 0 bridgehead atoms. The van der Waals surface area contributed by atoms with Crippen LogP contribution in [-0.2, 0) is 26.2 Å². The maximum absolute atomic E-state index is 12.9. The monoisotopic (exact) mass is 600 g/mol. The number of benzene rings is 2. The molecule has 206 valence electrons. The lowest BCUT2D eigenvalue weighted by Crippen LogP contribution is -2.41. The molecule has 1 amide bonds. The first-order valence-electron chi connectivity index (χ1n) is 11.2. The average Bonchev–Trinajstić information content (AvgIpc) is 3.42. The van der Waals surface area contributed by atoms with E-state index in [0.717, 1.165) is 37.9 Å². The number of halogens is 4. The number of nitrogens with two attached hydrogens (primary N) is 1. The molecule has 0 saturated carbocycles. The molecule has 15 heteroatoms. The number of aliphatic carboxylic acids is 1.